The van der Waals surface area contributed by atoms with Crippen LogP contribution in [0.15, 0.2) is 42.3 Å². The van der Waals surface area contributed by atoms with E-state index in [0.717, 1.165) is 40.6 Å². The SMILES string of the molecule is CCC(CC)NC(=O)/C(C)=C/C=C(\C)c1ccnc2[nH]ccc12. The van der Waals surface area contributed by atoms with E-state index in [4.69, 9.17) is 0 Å². The third-order valence-corrected chi connectivity index (χ3v) is 4.15. The topological polar surface area (TPSA) is 57.8 Å². The zero-order valence-electron chi connectivity index (χ0n) is 14.3. The molecule has 2 rings (SSSR count). The van der Waals surface area contributed by atoms with Crippen molar-refractivity contribution < 1.29 is 4.79 Å². The van der Waals surface area contributed by atoms with Crippen LogP contribution in [0, 0.1) is 0 Å². The van der Waals surface area contributed by atoms with Gasteiger partial charge in [0.2, 0.25) is 5.91 Å². The number of aromatic nitrogens is 2. The molecule has 0 saturated heterocycles. The summed E-state index contributed by atoms with van der Waals surface area (Å²) in [5, 5.41) is 4.15. The standard InChI is InChI=1S/C19H25N3O/c1-5-15(6-2)22-19(23)14(4)8-7-13(3)16-9-11-20-18-17(16)10-12-21-18/h7-12,15H,5-6H2,1-4H3,(H,20,21)(H,22,23)/b13-7+,14-8+. The number of pyridine rings is 1. The average Bonchev–Trinajstić information content (AvgIpc) is 3.05. The number of hydrogen-bond donors (Lipinski definition) is 2. The number of hydrogen-bond acceptors (Lipinski definition) is 2. The van der Waals surface area contributed by atoms with Crippen LogP contribution in [-0.4, -0.2) is 21.9 Å². The minimum Gasteiger partial charge on any atom is -0.350 e. The fourth-order valence-corrected chi connectivity index (χ4v) is 2.51. The number of aromatic amines is 1. The largest absolute Gasteiger partial charge is 0.350 e. The highest BCUT2D eigenvalue weighted by Crippen LogP contribution is 2.22. The van der Waals surface area contributed by atoms with E-state index in [1.165, 1.54) is 0 Å². The van der Waals surface area contributed by atoms with Crippen molar-refractivity contribution in [1.82, 2.24) is 15.3 Å². The molecule has 0 aromatic carbocycles. The van der Waals surface area contributed by atoms with E-state index in [-0.39, 0.29) is 11.9 Å². The molecule has 0 saturated carbocycles. The van der Waals surface area contributed by atoms with Crippen molar-refractivity contribution in [2.45, 2.75) is 46.6 Å². The summed E-state index contributed by atoms with van der Waals surface area (Å²) in [6, 6.07) is 4.26. The van der Waals surface area contributed by atoms with Crippen molar-refractivity contribution in [2.24, 2.45) is 0 Å². The van der Waals surface area contributed by atoms with Crippen molar-refractivity contribution in [3.05, 3.63) is 47.8 Å². The summed E-state index contributed by atoms with van der Waals surface area (Å²) < 4.78 is 0. The third-order valence-electron chi connectivity index (χ3n) is 4.15. The van der Waals surface area contributed by atoms with Gasteiger partial charge in [-0.1, -0.05) is 26.0 Å². The fraction of sp³-hybridized carbons (Fsp3) is 0.368. The van der Waals surface area contributed by atoms with Crippen molar-refractivity contribution in [3.8, 4) is 0 Å². The number of rotatable bonds is 6. The molecule has 4 heteroatoms. The van der Waals surface area contributed by atoms with Gasteiger partial charge in [0.05, 0.1) is 0 Å². The zero-order chi connectivity index (χ0) is 16.8. The van der Waals surface area contributed by atoms with Gasteiger partial charge in [0.25, 0.3) is 0 Å². The maximum atomic E-state index is 12.2. The highest BCUT2D eigenvalue weighted by Gasteiger charge is 2.09. The summed E-state index contributed by atoms with van der Waals surface area (Å²) in [6.45, 7) is 8.07. The Kier molecular flexibility index (Phi) is 5.74. The molecule has 0 aliphatic heterocycles. The van der Waals surface area contributed by atoms with E-state index in [2.05, 4.69) is 29.1 Å². The molecule has 2 heterocycles. The monoisotopic (exact) mass is 311 g/mol. The van der Waals surface area contributed by atoms with Gasteiger partial charge in [-0.3, -0.25) is 4.79 Å². The molecule has 0 unspecified atom stereocenters. The maximum Gasteiger partial charge on any atom is 0.247 e. The summed E-state index contributed by atoms with van der Waals surface area (Å²) in [6.07, 6.45) is 9.45. The summed E-state index contributed by atoms with van der Waals surface area (Å²) >= 11 is 0. The van der Waals surface area contributed by atoms with Gasteiger partial charge in [0, 0.05) is 29.4 Å². The molecular formula is C19H25N3O. The minimum absolute atomic E-state index is 0.00395. The van der Waals surface area contributed by atoms with Gasteiger partial charge >= 0.3 is 0 Å². The Morgan fingerprint density at radius 3 is 2.70 bits per heavy atom. The van der Waals surface area contributed by atoms with Gasteiger partial charge in [-0.2, -0.15) is 0 Å². The molecule has 4 nitrogen and oxygen atoms in total. The van der Waals surface area contributed by atoms with Crippen LogP contribution < -0.4 is 5.32 Å². The molecule has 2 aromatic heterocycles. The van der Waals surface area contributed by atoms with E-state index in [9.17, 15) is 4.79 Å². The lowest BCUT2D eigenvalue weighted by Gasteiger charge is -2.14. The van der Waals surface area contributed by atoms with E-state index in [1.54, 1.807) is 6.20 Å². The fourth-order valence-electron chi connectivity index (χ4n) is 2.51. The lowest BCUT2D eigenvalue weighted by Crippen LogP contribution is -2.34. The Morgan fingerprint density at radius 2 is 2.00 bits per heavy atom. The normalized spacial score (nSPS) is 12.9. The first-order valence-corrected chi connectivity index (χ1v) is 8.15. The Hall–Kier alpha value is -2.36. The second-order valence-electron chi connectivity index (χ2n) is 5.78. The second kappa shape index (κ2) is 7.77. The van der Waals surface area contributed by atoms with Crippen LogP contribution in [0.5, 0.6) is 0 Å². The van der Waals surface area contributed by atoms with E-state index in [0.29, 0.717) is 0 Å². The van der Waals surface area contributed by atoms with Gasteiger partial charge in [-0.05, 0) is 50.0 Å². The molecule has 0 fully saturated rings. The molecule has 0 spiro atoms. The smallest absolute Gasteiger partial charge is 0.247 e. The van der Waals surface area contributed by atoms with Gasteiger partial charge in [-0.25, -0.2) is 4.98 Å². The average molecular weight is 311 g/mol. The highest BCUT2D eigenvalue weighted by molar-refractivity contribution is 5.94. The minimum atomic E-state index is 0.00395. The third kappa shape index (κ3) is 4.09. The number of nitrogens with zero attached hydrogens (tertiary/aromatic N) is 1. The molecule has 23 heavy (non-hydrogen) atoms. The first kappa shape index (κ1) is 17.0. The van der Waals surface area contributed by atoms with E-state index in [1.807, 2.05) is 44.3 Å². The zero-order valence-corrected chi connectivity index (χ0v) is 14.3. The molecule has 122 valence electrons. The Balaban J connectivity index is 2.17. The molecule has 0 bridgehead atoms. The molecule has 0 radical (unpaired) electrons. The number of allylic oxidation sites excluding steroid dienone is 3. The van der Waals surface area contributed by atoms with Crippen LogP contribution in [0.2, 0.25) is 0 Å². The summed E-state index contributed by atoms with van der Waals surface area (Å²) in [5.41, 5.74) is 3.82. The lowest BCUT2D eigenvalue weighted by atomic mass is 10.0. The van der Waals surface area contributed by atoms with E-state index >= 15 is 0 Å². The van der Waals surface area contributed by atoms with Crippen LogP contribution in [-0.2, 0) is 4.79 Å². The lowest BCUT2D eigenvalue weighted by molar-refractivity contribution is -0.118. The first-order valence-electron chi connectivity index (χ1n) is 8.15. The molecular weight excluding hydrogens is 286 g/mol. The predicted octanol–water partition coefficient (Wildman–Crippen LogP) is 4.22. The van der Waals surface area contributed by atoms with Crippen molar-refractivity contribution >= 4 is 22.5 Å². The van der Waals surface area contributed by atoms with Crippen molar-refractivity contribution in [3.63, 3.8) is 0 Å². The van der Waals surface area contributed by atoms with Crippen molar-refractivity contribution in [2.75, 3.05) is 0 Å². The quantitative estimate of drug-likeness (QED) is 0.620. The number of amides is 1. The van der Waals surface area contributed by atoms with Crippen LogP contribution in [0.25, 0.3) is 16.6 Å². The van der Waals surface area contributed by atoms with Gasteiger partial charge in [0.1, 0.15) is 5.65 Å². The summed E-state index contributed by atoms with van der Waals surface area (Å²) in [4.78, 5) is 19.6. The molecule has 0 aliphatic rings. The van der Waals surface area contributed by atoms with Crippen LogP contribution >= 0.6 is 0 Å². The Labute approximate surface area is 137 Å². The van der Waals surface area contributed by atoms with Crippen molar-refractivity contribution in [1.29, 1.82) is 0 Å². The second-order valence-corrected chi connectivity index (χ2v) is 5.78. The molecule has 2 aromatic rings. The van der Waals surface area contributed by atoms with Gasteiger partial charge in [-0.15, -0.1) is 0 Å². The summed E-state index contributed by atoms with van der Waals surface area (Å²) in [5.74, 6) is 0.00395. The van der Waals surface area contributed by atoms with Gasteiger partial charge < -0.3 is 10.3 Å². The number of fused-ring (bicyclic) bond motifs is 1. The number of H-pyrrole nitrogens is 1. The number of carbonyl (C=O) groups is 1. The van der Waals surface area contributed by atoms with E-state index < -0.39 is 0 Å². The Morgan fingerprint density at radius 1 is 1.26 bits per heavy atom. The molecule has 1 amide bonds. The number of nitrogens with one attached hydrogen (secondary N) is 2. The molecule has 0 atom stereocenters. The number of carbonyl (C=O) groups excluding carboxylic acids is 1. The Bertz CT molecular complexity index is 736. The first-order chi connectivity index (χ1) is 11.1. The maximum absolute atomic E-state index is 12.2. The molecule has 2 N–H and O–H groups in total. The molecule has 0 aliphatic carbocycles. The highest BCUT2D eigenvalue weighted by atomic mass is 16.1. The van der Waals surface area contributed by atoms with Gasteiger partial charge in [0.15, 0.2) is 0 Å². The van der Waals surface area contributed by atoms with Crippen LogP contribution in [0.4, 0.5) is 0 Å². The van der Waals surface area contributed by atoms with Crippen LogP contribution in [0.3, 0.4) is 0 Å². The van der Waals surface area contributed by atoms with Crippen LogP contribution in [0.1, 0.15) is 46.1 Å². The summed E-state index contributed by atoms with van der Waals surface area (Å²) in [7, 11) is 0. The predicted molar refractivity (Wildman–Crippen MR) is 96.0 cm³/mol.